The number of imide groups is 1. The van der Waals surface area contributed by atoms with Crippen molar-refractivity contribution in [2.75, 3.05) is 69.6 Å². The maximum Gasteiger partial charge on any atom is 0.282 e. The van der Waals surface area contributed by atoms with Crippen LogP contribution >= 0.6 is 15.9 Å². The lowest BCUT2D eigenvalue weighted by Gasteiger charge is -2.43. The number of anilines is 2. The summed E-state index contributed by atoms with van der Waals surface area (Å²) in [4.78, 5) is 59.2. The summed E-state index contributed by atoms with van der Waals surface area (Å²) in [6.07, 6.45) is 5.71. The van der Waals surface area contributed by atoms with Crippen LogP contribution in [0.4, 0.5) is 11.4 Å². The van der Waals surface area contributed by atoms with Crippen LogP contribution in [0.1, 0.15) is 71.0 Å². The number of nitrogens with zero attached hydrogens (tertiary/aromatic N) is 6. The highest BCUT2D eigenvalue weighted by Crippen LogP contribution is 2.32. The summed E-state index contributed by atoms with van der Waals surface area (Å²) in [5.74, 6) is -0.234. The summed E-state index contributed by atoms with van der Waals surface area (Å²) in [7, 11) is 3.75. The highest BCUT2D eigenvalue weighted by Gasteiger charge is 2.32. The van der Waals surface area contributed by atoms with Gasteiger partial charge < -0.3 is 20.0 Å². The van der Waals surface area contributed by atoms with Crippen molar-refractivity contribution < 1.29 is 14.4 Å². The fourth-order valence-electron chi connectivity index (χ4n) is 8.59. The Kier molecular flexibility index (Phi) is 10.8. The first-order valence-electron chi connectivity index (χ1n) is 18.5. The maximum atomic E-state index is 13.6. The van der Waals surface area contributed by atoms with Crippen LogP contribution in [0.25, 0.3) is 0 Å². The van der Waals surface area contributed by atoms with Gasteiger partial charge in [0.15, 0.2) is 0 Å². The van der Waals surface area contributed by atoms with Crippen molar-refractivity contribution in [1.82, 2.24) is 29.8 Å². The molecule has 0 radical (unpaired) electrons. The fraction of sp³-hybridized carbons (Fsp3) is 0.513. The molecule has 0 bridgehead atoms. The molecule has 4 fully saturated rings. The topological polar surface area (TPSA) is 123 Å². The number of likely N-dealkylation sites (tertiary alicyclic amines) is 1. The zero-order valence-corrected chi connectivity index (χ0v) is 31.9. The van der Waals surface area contributed by atoms with E-state index in [1.54, 1.807) is 13.2 Å². The second-order valence-electron chi connectivity index (χ2n) is 15.0. The molecule has 4 aliphatic heterocycles. The quantitative estimate of drug-likeness (QED) is 0.347. The molecule has 5 heterocycles. The van der Waals surface area contributed by atoms with Crippen molar-refractivity contribution in [3.8, 4) is 0 Å². The minimum absolute atomic E-state index is 0.0976. The Morgan fingerprint density at radius 1 is 0.923 bits per heavy atom. The molecule has 7 rings (SSSR count). The number of halogens is 1. The van der Waals surface area contributed by atoms with Crippen LogP contribution in [0.3, 0.4) is 0 Å². The number of carbonyl (C=O) groups excluding carboxylic acids is 3. The standard InChI is InChI=1S/C39H49BrN8O4/c1-25-20-31(8-9-32(25)33-10-11-35(49)43-37(33)50)46-14-12-30(13-15-46)47-16-18-48(19-17-47)38(51)27-6-4-26(5-7-27)28-21-29(24-44(2)23-28)42-34-22-41-45(3)39(52)36(34)40/h4-9,20,22,28-30,33,42H,10-19,21,23-24H2,1-3H3,(H,43,49,50)/t28-,29+,33?/m0/s1. The van der Waals surface area contributed by atoms with E-state index in [2.05, 4.69) is 90.7 Å². The van der Waals surface area contributed by atoms with Crippen LogP contribution in [0, 0.1) is 6.92 Å². The van der Waals surface area contributed by atoms with Gasteiger partial charge in [-0.3, -0.25) is 29.4 Å². The molecule has 2 aromatic carbocycles. The van der Waals surface area contributed by atoms with Crippen LogP contribution in [0.2, 0.25) is 0 Å². The van der Waals surface area contributed by atoms with Crippen LogP contribution in [-0.2, 0) is 16.6 Å². The summed E-state index contributed by atoms with van der Waals surface area (Å²) in [6, 6.07) is 15.2. The van der Waals surface area contributed by atoms with Crippen LogP contribution in [0.15, 0.2) is 57.9 Å². The lowest BCUT2D eigenvalue weighted by molar-refractivity contribution is -0.134. The number of benzene rings is 2. The van der Waals surface area contributed by atoms with Gasteiger partial charge in [0.1, 0.15) is 4.47 Å². The molecular formula is C39H49BrN8O4. The van der Waals surface area contributed by atoms with Gasteiger partial charge in [-0.05, 0) is 102 Å². The number of nitrogens with one attached hydrogen (secondary N) is 2. The first-order valence-corrected chi connectivity index (χ1v) is 19.3. The van der Waals surface area contributed by atoms with E-state index in [1.165, 1.54) is 15.9 Å². The Labute approximate surface area is 313 Å². The normalized spacial score (nSPS) is 23.8. The molecular weight excluding hydrogens is 724 g/mol. The van der Waals surface area contributed by atoms with Gasteiger partial charge in [0.05, 0.1) is 17.8 Å². The third-order valence-corrected chi connectivity index (χ3v) is 12.3. The fourth-order valence-corrected chi connectivity index (χ4v) is 9.07. The van der Waals surface area contributed by atoms with Gasteiger partial charge in [-0.2, -0.15) is 5.10 Å². The minimum Gasteiger partial charge on any atom is -0.379 e. The average Bonchev–Trinajstić information content (AvgIpc) is 3.15. The number of piperazine rings is 1. The second-order valence-corrected chi connectivity index (χ2v) is 15.8. The van der Waals surface area contributed by atoms with Crippen molar-refractivity contribution in [2.45, 2.75) is 62.9 Å². The molecule has 1 unspecified atom stereocenters. The monoisotopic (exact) mass is 772 g/mol. The van der Waals surface area contributed by atoms with Crippen LogP contribution < -0.4 is 21.1 Å². The largest absolute Gasteiger partial charge is 0.379 e. The Hall–Kier alpha value is -4.07. The van der Waals surface area contributed by atoms with Gasteiger partial charge in [0.25, 0.3) is 11.5 Å². The molecule has 2 N–H and O–H groups in total. The molecule has 4 aliphatic rings. The molecule has 0 aliphatic carbocycles. The Morgan fingerprint density at radius 2 is 1.65 bits per heavy atom. The maximum absolute atomic E-state index is 13.6. The molecule has 276 valence electrons. The van der Waals surface area contributed by atoms with Crippen molar-refractivity contribution in [3.63, 3.8) is 0 Å². The number of aryl methyl sites for hydroxylation is 2. The highest BCUT2D eigenvalue weighted by atomic mass is 79.9. The zero-order chi connectivity index (χ0) is 36.5. The highest BCUT2D eigenvalue weighted by molar-refractivity contribution is 9.10. The molecule has 4 saturated heterocycles. The summed E-state index contributed by atoms with van der Waals surface area (Å²) in [5, 5.41) is 10.2. The summed E-state index contributed by atoms with van der Waals surface area (Å²) in [6.45, 7) is 9.03. The lowest BCUT2D eigenvalue weighted by atomic mass is 9.87. The smallest absolute Gasteiger partial charge is 0.282 e. The van der Waals surface area contributed by atoms with Gasteiger partial charge in [0, 0.05) is 89.2 Å². The van der Waals surface area contributed by atoms with Gasteiger partial charge in [-0.1, -0.05) is 18.2 Å². The second kappa shape index (κ2) is 15.5. The number of hydrogen-bond acceptors (Lipinski definition) is 9. The summed E-state index contributed by atoms with van der Waals surface area (Å²) < 4.78 is 1.81. The molecule has 3 atom stereocenters. The van der Waals surface area contributed by atoms with E-state index >= 15 is 0 Å². The number of amides is 3. The number of likely N-dealkylation sites (N-methyl/N-ethyl adjacent to an activating group) is 1. The van der Waals surface area contributed by atoms with Gasteiger partial charge in [-0.15, -0.1) is 0 Å². The number of piperidine rings is 3. The van der Waals surface area contributed by atoms with Gasteiger partial charge >= 0.3 is 0 Å². The third kappa shape index (κ3) is 7.81. The van der Waals surface area contributed by atoms with Crippen LogP contribution in [-0.4, -0.2) is 114 Å². The Balaban J connectivity index is 0.884. The number of aromatic nitrogens is 2. The first-order chi connectivity index (χ1) is 25.0. The minimum atomic E-state index is -0.260. The number of carbonyl (C=O) groups is 3. The predicted molar refractivity (Wildman–Crippen MR) is 205 cm³/mol. The molecule has 0 saturated carbocycles. The third-order valence-electron chi connectivity index (χ3n) is 11.5. The Morgan fingerprint density at radius 3 is 2.35 bits per heavy atom. The van der Waals surface area contributed by atoms with Crippen molar-refractivity contribution >= 4 is 45.0 Å². The molecule has 13 heteroatoms. The van der Waals surface area contributed by atoms with Gasteiger partial charge in [0.2, 0.25) is 11.8 Å². The Bertz CT molecular complexity index is 1870. The molecule has 1 aromatic heterocycles. The van der Waals surface area contributed by atoms with E-state index in [0.717, 1.165) is 88.3 Å². The summed E-state index contributed by atoms with van der Waals surface area (Å²) >= 11 is 3.43. The SMILES string of the molecule is Cc1cc(N2CCC(N3CCN(C(=O)c4ccc([C@H]5C[C@@H](Nc6cnn(C)c(=O)c6Br)CN(C)C5)cc4)CC3)CC2)ccc1C1CCC(=O)NC1=O. The zero-order valence-electron chi connectivity index (χ0n) is 30.3. The van der Waals surface area contributed by atoms with E-state index in [9.17, 15) is 19.2 Å². The van der Waals surface area contributed by atoms with E-state index in [-0.39, 0.29) is 35.2 Å². The number of hydrogen-bond donors (Lipinski definition) is 2. The van der Waals surface area contributed by atoms with E-state index in [4.69, 9.17) is 0 Å². The predicted octanol–water partition coefficient (Wildman–Crippen LogP) is 3.70. The van der Waals surface area contributed by atoms with Crippen molar-refractivity contribution in [1.29, 1.82) is 0 Å². The van der Waals surface area contributed by atoms with E-state index < -0.39 is 0 Å². The van der Waals surface area contributed by atoms with Crippen molar-refractivity contribution in [3.05, 3.63) is 85.7 Å². The molecule has 0 spiro atoms. The first kappa shape index (κ1) is 36.3. The number of rotatable bonds is 7. The molecule has 12 nitrogen and oxygen atoms in total. The van der Waals surface area contributed by atoms with E-state index in [0.29, 0.717) is 35.0 Å². The average molecular weight is 774 g/mol. The van der Waals surface area contributed by atoms with Gasteiger partial charge in [-0.25, -0.2) is 4.68 Å². The molecule has 3 amide bonds. The van der Waals surface area contributed by atoms with Crippen LogP contribution in [0.5, 0.6) is 0 Å². The lowest BCUT2D eigenvalue weighted by Crippen LogP contribution is -2.54. The molecule has 3 aromatic rings. The molecule has 52 heavy (non-hydrogen) atoms. The summed E-state index contributed by atoms with van der Waals surface area (Å²) in [5.41, 5.74) is 5.78. The van der Waals surface area contributed by atoms with E-state index in [1.807, 2.05) is 17.0 Å². The van der Waals surface area contributed by atoms with Crippen molar-refractivity contribution in [2.24, 2.45) is 7.05 Å².